The quantitative estimate of drug-likeness (QED) is 0.0692. The summed E-state index contributed by atoms with van der Waals surface area (Å²) in [5.74, 6) is 0. The van der Waals surface area contributed by atoms with E-state index in [9.17, 15) is 25.9 Å². The van der Waals surface area contributed by atoms with E-state index in [0.717, 1.165) is 12.1 Å². The standard InChI is InChI=1S/C32H20Cl4N6O6S2/c33-21-9-15(10-22(34)31(21)41-39-25-13-27(49(43,44)45)29(37)19-7-3-1-5-17(19)25)16-11-23(35)32(24(36)12-16)42-40-26-14-28(50(46,47)48)30(38)20-8-4-2-6-18(20)26/h1-14H,37-38H2,(H,43,44,45)(H,46,47,48)/b41-39+,42-40+. The third-order valence-corrected chi connectivity index (χ3v) is 10.4. The number of rotatable bonds is 7. The number of halogens is 4. The first-order valence-corrected chi connectivity index (χ1v) is 18.3. The second-order valence-corrected chi connectivity index (χ2v) is 15.0. The second-order valence-electron chi connectivity index (χ2n) is 10.6. The van der Waals surface area contributed by atoms with Crippen molar-refractivity contribution in [3.63, 3.8) is 0 Å². The molecule has 0 saturated heterocycles. The number of nitrogen functional groups attached to an aromatic ring is 2. The van der Waals surface area contributed by atoms with Crippen LogP contribution in [0.1, 0.15) is 0 Å². The second kappa shape index (κ2) is 13.4. The summed E-state index contributed by atoms with van der Waals surface area (Å²) in [6.45, 7) is 0. The van der Waals surface area contributed by atoms with E-state index >= 15 is 0 Å². The molecule has 0 aliphatic rings. The van der Waals surface area contributed by atoms with Crippen molar-refractivity contribution in [3.05, 3.63) is 105 Å². The van der Waals surface area contributed by atoms with Crippen LogP contribution in [0.4, 0.5) is 34.1 Å². The van der Waals surface area contributed by atoms with Gasteiger partial charge in [-0.05, 0) is 47.5 Å². The lowest BCUT2D eigenvalue weighted by Gasteiger charge is -2.11. The predicted molar refractivity (Wildman–Crippen MR) is 197 cm³/mol. The summed E-state index contributed by atoms with van der Waals surface area (Å²) in [7, 11) is -9.35. The van der Waals surface area contributed by atoms with Gasteiger partial charge in [-0.3, -0.25) is 9.11 Å². The lowest BCUT2D eigenvalue weighted by atomic mass is 10.0. The van der Waals surface area contributed by atoms with Crippen molar-refractivity contribution in [2.24, 2.45) is 20.5 Å². The summed E-state index contributed by atoms with van der Waals surface area (Å²) in [5, 5.41) is 18.6. The van der Waals surface area contributed by atoms with Crippen molar-refractivity contribution in [2.45, 2.75) is 9.79 Å². The van der Waals surface area contributed by atoms with E-state index in [-0.39, 0.29) is 54.2 Å². The van der Waals surface area contributed by atoms with Crippen LogP contribution in [0.25, 0.3) is 32.7 Å². The largest absolute Gasteiger partial charge is 0.397 e. The Morgan fingerprint density at radius 2 is 0.780 bits per heavy atom. The minimum Gasteiger partial charge on any atom is -0.397 e. The van der Waals surface area contributed by atoms with E-state index < -0.39 is 30.0 Å². The number of fused-ring (bicyclic) bond motifs is 2. The lowest BCUT2D eigenvalue weighted by molar-refractivity contribution is 0.481. The summed E-state index contributed by atoms with van der Waals surface area (Å²) in [5.41, 5.74) is 13.0. The normalized spacial score (nSPS) is 12.5. The van der Waals surface area contributed by atoms with Gasteiger partial charge in [-0.25, -0.2) is 0 Å². The summed E-state index contributed by atoms with van der Waals surface area (Å²) in [6, 6.07) is 21.5. The Labute approximate surface area is 304 Å². The van der Waals surface area contributed by atoms with E-state index in [2.05, 4.69) is 20.5 Å². The Kier molecular flexibility index (Phi) is 9.49. The number of hydrogen-bond donors (Lipinski definition) is 4. The molecule has 0 amide bonds. The van der Waals surface area contributed by atoms with Crippen molar-refractivity contribution in [1.82, 2.24) is 0 Å². The van der Waals surface area contributed by atoms with Crippen molar-refractivity contribution in [3.8, 4) is 11.1 Å². The number of azo groups is 2. The third-order valence-electron chi connectivity index (χ3n) is 7.49. The molecular formula is C32H20Cl4N6O6S2. The Hall–Kier alpha value is -4.38. The summed E-state index contributed by atoms with van der Waals surface area (Å²) >= 11 is 26.3. The topological polar surface area (TPSA) is 210 Å². The van der Waals surface area contributed by atoms with Crippen LogP contribution in [0.15, 0.2) is 115 Å². The summed E-state index contributed by atoms with van der Waals surface area (Å²) in [6.07, 6.45) is 0. The Morgan fingerprint density at radius 3 is 1.08 bits per heavy atom. The van der Waals surface area contributed by atoms with Gasteiger partial charge in [0, 0.05) is 21.5 Å². The molecule has 6 rings (SSSR count). The molecule has 0 heterocycles. The minimum atomic E-state index is -4.68. The molecule has 6 aromatic carbocycles. The molecule has 0 atom stereocenters. The highest BCUT2D eigenvalue weighted by Crippen LogP contribution is 2.44. The maximum absolute atomic E-state index is 12.0. The predicted octanol–water partition coefficient (Wildman–Crippen LogP) is 10.8. The van der Waals surface area contributed by atoms with Crippen LogP contribution in [-0.2, 0) is 20.2 Å². The van der Waals surface area contributed by atoms with Crippen molar-refractivity contribution in [1.29, 1.82) is 0 Å². The first kappa shape index (κ1) is 35.4. The molecule has 0 aliphatic carbocycles. The van der Waals surface area contributed by atoms with Gasteiger partial charge in [0.25, 0.3) is 20.2 Å². The molecule has 0 bridgehead atoms. The molecule has 0 aliphatic heterocycles. The zero-order chi connectivity index (χ0) is 36.1. The molecule has 0 spiro atoms. The van der Waals surface area contributed by atoms with E-state index in [0.29, 0.717) is 32.7 Å². The maximum atomic E-state index is 12.0. The van der Waals surface area contributed by atoms with Gasteiger partial charge in [-0.2, -0.15) is 16.8 Å². The minimum absolute atomic E-state index is 0.0639. The van der Waals surface area contributed by atoms with Crippen LogP contribution in [0, 0.1) is 0 Å². The number of benzene rings is 6. The van der Waals surface area contributed by atoms with Gasteiger partial charge in [-0.1, -0.05) is 94.9 Å². The van der Waals surface area contributed by atoms with Crippen LogP contribution in [0.3, 0.4) is 0 Å². The highest BCUT2D eigenvalue weighted by atomic mass is 35.5. The fourth-order valence-corrected chi connectivity index (χ4v) is 7.59. The van der Waals surface area contributed by atoms with Gasteiger partial charge >= 0.3 is 0 Å². The molecule has 6 N–H and O–H groups in total. The molecule has 12 nitrogen and oxygen atoms in total. The lowest BCUT2D eigenvalue weighted by Crippen LogP contribution is -2.03. The smallest absolute Gasteiger partial charge is 0.296 e. The van der Waals surface area contributed by atoms with Crippen LogP contribution in [0.5, 0.6) is 0 Å². The monoisotopic (exact) mass is 788 g/mol. The fraction of sp³-hybridized carbons (Fsp3) is 0. The van der Waals surface area contributed by atoms with E-state index in [1.807, 2.05) is 0 Å². The number of hydrogen-bond acceptors (Lipinski definition) is 10. The summed E-state index contributed by atoms with van der Waals surface area (Å²) in [4.78, 5) is -1.06. The molecular weight excluding hydrogens is 770 g/mol. The van der Waals surface area contributed by atoms with Crippen LogP contribution in [-0.4, -0.2) is 25.9 Å². The van der Waals surface area contributed by atoms with Gasteiger partial charge in [-0.15, -0.1) is 20.5 Å². The molecule has 254 valence electrons. The molecule has 50 heavy (non-hydrogen) atoms. The van der Waals surface area contributed by atoms with Gasteiger partial charge < -0.3 is 11.5 Å². The highest BCUT2D eigenvalue weighted by Gasteiger charge is 2.21. The zero-order valence-electron chi connectivity index (χ0n) is 24.9. The van der Waals surface area contributed by atoms with Crippen molar-refractivity contribution < 1.29 is 25.9 Å². The first-order valence-electron chi connectivity index (χ1n) is 13.9. The third kappa shape index (κ3) is 6.84. The molecule has 18 heteroatoms. The van der Waals surface area contributed by atoms with E-state index in [1.165, 1.54) is 24.3 Å². The zero-order valence-corrected chi connectivity index (χ0v) is 29.5. The molecule has 0 saturated carbocycles. The van der Waals surface area contributed by atoms with E-state index in [1.54, 1.807) is 48.5 Å². The molecule has 0 aromatic heterocycles. The van der Waals surface area contributed by atoms with Gasteiger partial charge in [0.1, 0.15) is 21.2 Å². The summed E-state index contributed by atoms with van der Waals surface area (Å²) < 4.78 is 67.3. The Bertz CT molecular complexity index is 2460. The van der Waals surface area contributed by atoms with E-state index in [4.69, 9.17) is 57.9 Å². The molecule has 0 radical (unpaired) electrons. The highest BCUT2D eigenvalue weighted by molar-refractivity contribution is 7.86. The van der Waals surface area contributed by atoms with Gasteiger partial charge in [0.15, 0.2) is 0 Å². The maximum Gasteiger partial charge on any atom is 0.296 e. The van der Waals surface area contributed by atoms with Crippen LogP contribution >= 0.6 is 46.4 Å². The molecule has 0 unspecified atom stereocenters. The average Bonchev–Trinajstić information content (AvgIpc) is 3.04. The van der Waals surface area contributed by atoms with Crippen LogP contribution < -0.4 is 11.5 Å². The van der Waals surface area contributed by atoms with Crippen molar-refractivity contribution >= 4 is 122 Å². The SMILES string of the molecule is Nc1c(S(=O)(=O)O)cc(/N=N/c2c(Cl)cc(-c3cc(Cl)c(/N=N/c4cc(S(=O)(=O)O)c(N)c5ccccc45)c(Cl)c3)cc2Cl)c2ccccc12. The van der Waals surface area contributed by atoms with Crippen molar-refractivity contribution in [2.75, 3.05) is 11.5 Å². The Balaban J connectivity index is 1.35. The fourth-order valence-electron chi connectivity index (χ4n) is 5.16. The average molecular weight is 790 g/mol. The first-order chi connectivity index (χ1) is 23.5. The number of anilines is 2. The van der Waals surface area contributed by atoms with Crippen LogP contribution in [0.2, 0.25) is 20.1 Å². The Morgan fingerprint density at radius 1 is 0.480 bits per heavy atom. The molecule has 6 aromatic rings. The van der Waals surface area contributed by atoms with Gasteiger partial charge in [0.2, 0.25) is 0 Å². The number of nitrogens with zero attached hydrogens (tertiary/aromatic N) is 4. The number of nitrogens with two attached hydrogens (primary N) is 2. The molecule has 0 fully saturated rings. The van der Waals surface area contributed by atoms with Gasteiger partial charge in [0.05, 0.1) is 42.8 Å².